The standard InChI is InChI=1S/C22H19F2N5O3S/c1-2-7-33(31,32)29-17-5-4-16(23)19(20(17)24)21(30)15-11-28-22-14(15)8-13(10-27-22)12-3-6-18(25)26-9-12/h3-6,8-11,29H,2,7H2,1H3,(H2,25,26)(H,27,28). The maximum Gasteiger partial charge on any atom is 0.232 e. The molecule has 11 heteroatoms. The first-order chi connectivity index (χ1) is 15.7. The van der Waals surface area contributed by atoms with Gasteiger partial charge in [-0.05, 0) is 36.8 Å². The summed E-state index contributed by atoms with van der Waals surface area (Å²) in [7, 11) is -3.85. The molecule has 8 nitrogen and oxygen atoms in total. The van der Waals surface area contributed by atoms with Gasteiger partial charge in [-0.25, -0.2) is 27.2 Å². The first-order valence-corrected chi connectivity index (χ1v) is 11.6. The number of benzene rings is 1. The predicted octanol–water partition coefficient (Wildman–Crippen LogP) is 3.87. The number of ketones is 1. The van der Waals surface area contributed by atoms with Crippen molar-refractivity contribution in [3.05, 3.63) is 71.7 Å². The van der Waals surface area contributed by atoms with Crippen LogP contribution in [0.2, 0.25) is 0 Å². The normalized spacial score (nSPS) is 11.6. The Balaban J connectivity index is 1.78. The first-order valence-electron chi connectivity index (χ1n) is 9.92. The van der Waals surface area contributed by atoms with Gasteiger partial charge in [0.15, 0.2) is 5.82 Å². The van der Waals surface area contributed by atoms with Crippen molar-refractivity contribution < 1.29 is 22.0 Å². The number of aromatic nitrogens is 3. The topological polar surface area (TPSA) is 131 Å². The number of nitrogens with zero attached hydrogens (tertiary/aromatic N) is 2. The van der Waals surface area contributed by atoms with Crippen LogP contribution in [0.3, 0.4) is 0 Å². The van der Waals surface area contributed by atoms with Crippen molar-refractivity contribution in [2.24, 2.45) is 0 Å². The van der Waals surface area contributed by atoms with E-state index < -0.39 is 38.7 Å². The minimum Gasteiger partial charge on any atom is -0.384 e. The third-order valence-electron chi connectivity index (χ3n) is 4.95. The average Bonchev–Trinajstić information content (AvgIpc) is 3.19. The maximum absolute atomic E-state index is 15.1. The van der Waals surface area contributed by atoms with Gasteiger partial charge in [0.25, 0.3) is 0 Å². The number of nitrogens with one attached hydrogen (secondary N) is 2. The van der Waals surface area contributed by atoms with Crippen LogP contribution in [-0.2, 0) is 10.0 Å². The number of sulfonamides is 1. The first kappa shape index (κ1) is 22.3. The summed E-state index contributed by atoms with van der Waals surface area (Å²) < 4.78 is 55.8. The number of carbonyl (C=O) groups excluding carboxylic acids is 1. The van der Waals surface area contributed by atoms with Gasteiger partial charge in [0, 0.05) is 40.7 Å². The molecule has 0 saturated carbocycles. The van der Waals surface area contributed by atoms with Gasteiger partial charge in [0.2, 0.25) is 15.8 Å². The molecule has 3 aromatic heterocycles. The molecular formula is C22H19F2N5O3S. The van der Waals surface area contributed by atoms with Gasteiger partial charge in [0.1, 0.15) is 17.3 Å². The van der Waals surface area contributed by atoms with E-state index in [9.17, 15) is 17.6 Å². The van der Waals surface area contributed by atoms with Crippen LogP contribution in [-0.4, -0.2) is 34.9 Å². The van der Waals surface area contributed by atoms with Crippen LogP contribution in [0, 0.1) is 11.6 Å². The van der Waals surface area contributed by atoms with Gasteiger partial charge in [-0.2, -0.15) is 0 Å². The van der Waals surface area contributed by atoms with E-state index in [4.69, 9.17) is 5.73 Å². The lowest BCUT2D eigenvalue weighted by Crippen LogP contribution is -2.18. The summed E-state index contributed by atoms with van der Waals surface area (Å²) >= 11 is 0. The van der Waals surface area contributed by atoms with E-state index in [1.807, 2.05) is 0 Å². The van der Waals surface area contributed by atoms with Crippen molar-refractivity contribution >= 4 is 38.3 Å². The Kier molecular flexibility index (Phi) is 5.81. The number of halogens is 2. The second-order valence-corrected chi connectivity index (χ2v) is 9.17. The molecule has 0 saturated heterocycles. The smallest absolute Gasteiger partial charge is 0.232 e. The van der Waals surface area contributed by atoms with E-state index in [1.165, 1.54) is 12.4 Å². The molecule has 0 spiro atoms. The zero-order valence-corrected chi connectivity index (χ0v) is 18.2. The highest BCUT2D eigenvalue weighted by Gasteiger charge is 2.26. The van der Waals surface area contributed by atoms with Gasteiger partial charge in [-0.1, -0.05) is 6.92 Å². The second kappa shape index (κ2) is 8.58. The molecule has 33 heavy (non-hydrogen) atoms. The average molecular weight is 471 g/mol. The number of nitrogens with two attached hydrogens (primary N) is 1. The number of H-pyrrole nitrogens is 1. The zero-order chi connectivity index (χ0) is 23.8. The van der Waals surface area contributed by atoms with Gasteiger partial charge in [0.05, 0.1) is 17.0 Å². The molecule has 0 unspecified atom stereocenters. The Hall–Kier alpha value is -3.86. The number of rotatable bonds is 7. The molecule has 4 rings (SSSR count). The number of aromatic amines is 1. The number of fused-ring (bicyclic) bond motifs is 1. The molecule has 0 aliphatic rings. The van der Waals surface area contributed by atoms with Crippen LogP contribution in [0.15, 0.2) is 48.9 Å². The fourth-order valence-electron chi connectivity index (χ4n) is 3.39. The molecule has 4 N–H and O–H groups in total. The quantitative estimate of drug-likeness (QED) is 0.351. The van der Waals surface area contributed by atoms with E-state index >= 15 is 4.39 Å². The van der Waals surface area contributed by atoms with Gasteiger partial charge >= 0.3 is 0 Å². The molecule has 1 aromatic carbocycles. The van der Waals surface area contributed by atoms with E-state index in [-0.39, 0.29) is 11.3 Å². The number of pyridine rings is 2. The second-order valence-electron chi connectivity index (χ2n) is 7.33. The molecule has 3 heterocycles. The van der Waals surface area contributed by atoms with Crippen LogP contribution < -0.4 is 10.5 Å². The van der Waals surface area contributed by atoms with Crippen LogP contribution >= 0.6 is 0 Å². The summed E-state index contributed by atoms with van der Waals surface area (Å²) in [5, 5.41) is 0.338. The van der Waals surface area contributed by atoms with E-state index in [0.29, 0.717) is 34.4 Å². The Labute approximate surface area is 187 Å². The highest BCUT2D eigenvalue weighted by Crippen LogP contribution is 2.29. The highest BCUT2D eigenvalue weighted by molar-refractivity contribution is 7.92. The predicted molar refractivity (Wildman–Crippen MR) is 121 cm³/mol. The number of carbonyl (C=O) groups is 1. The molecule has 0 fully saturated rings. The molecular weight excluding hydrogens is 452 g/mol. The van der Waals surface area contributed by atoms with Crippen LogP contribution in [0.25, 0.3) is 22.2 Å². The molecule has 0 atom stereocenters. The molecule has 0 aliphatic heterocycles. The van der Waals surface area contributed by atoms with E-state index in [2.05, 4.69) is 19.7 Å². The minimum absolute atomic E-state index is 0.0193. The lowest BCUT2D eigenvalue weighted by Gasteiger charge is -2.11. The van der Waals surface area contributed by atoms with Gasteiger partial charge in [-0.3, -0.25) is 9.52 Å². The van der Waals surface area contributed by atoms with Crippen LogP contribution in [0.4, 0.5) is 20.3 Å². The van der Waals surface area contributed by atoms with Crippen molar-refractivity contribution in [1.29, 1.82) is 0 Å². The lowest BCUT2D eigenvalue weighted by atomic mass is 10.00. The highest BCUT2D eigenvalue weighted by atomic mass is 32.2. The van der Waals surface area contributed by atoms with Gasteiger partial charge < -0.3 is 10.7 Å². The Morgan fingerprint density at radius 1 is 1.12 bits per heavy atom. The van der Waals surface area contributed by atoms with Gasteiger partial charge in [-0.15, -0.1) is 0 Å². The third-order valence-corrected chi connectivity index (χ3v) is 6.43. The zero-order valence-electron chi connectivity index (χ0n) is 17.4. The summed E-state index contributed by atoms with van der Waals surface area (Å²) in [5.41, 5.74) is 5.86. The number of hydrogen-bond donors (Lipinski definition) is 3. The maximum atomic E-state index is 15.1. The van der Waals surface area contributed by atoms with Crippen molar-refractivity contribution in [1.82, 2.24) is 15.0 Å². The fraction of sp³-hybridized carbons (Fsp3) is 0.136. The number of anilines is 2. The summed E-state index contributed by atoms with van der Waals surface area (Å²) in [6, 6.07) is 6.77. The molecule has 0 aliphatic carbocycles. The number of nitrogen functional groups attached to an aromatic ring is 1. The summed E-state index contributed by atoms with van der Waals surface area (Å²) in [6.07, 6.45) is 4.71. The third kappa shape index (κ3) is 4.40. The van der Waals surface area contributed by atoms with Crippen molar-refractivity contribution in [2.45, 2.75) is 13.3 Å². The monoisotopic (exact) mass is 471 g/mol. The summed E-state index contributed by atoms with van der Waals surface area (Å²) in [6.45, 7) is 1.65. The molecule has 4 aromatic rings. The van der Waals surface area contributed by atoms with E-state index in [0.717, 1.165) is 12.1 Å². The minimum atomic E-state index is -3.85. The van der Waals surface area contributed by atoms with Crippen molar-refractivity contribution in [3.8, 4) is 11.1 Å². The fourth-order valence-corrected chi connectivity index (χ4v) is 4.52. The van der Waals surface area contributed by atoms with Crippen LogP contribution in [0.5, 0.6) is 0 Å². The Morgan fingerprint density at radius 3 is 2.58 bits per heavy atom. The molecule has 0 amide bonds. The molecule has 0 bridgehead atoms. The number of hydrogen-bond acceptors (Lipinski definition) is 6. The van der Waals surface area contributed by atoms with Crippen molar-refractivity contribution in [3.63, 3.8) is 0 Å². The summed E-state index contributed by atoms with van der Waals surface area (Å²) in [5.74, 6) is -3.27. The Bertz CT molecular complexity index is 1470. The largest absolute Gasteiger partial charge is 0.384 e. The lowest BCUT2D eigenvalue weighted by molar-refractivity contribution is 0.103. The SMILES string of the molecule is CCCS(=O)(=O)Nc1ccc(F)c(C(=O)c2c[nH]c3ncc(-c4ccc(N)nc4)cc23)c1F. The van der Waals surface area contributed by atoms with Crippen LogP contribution in [0.1, 0.15) is 29.3 Å². The van der Waals surface area contributed by atoms with E-state index in [1.54, 1.807) is 31.3 Å². The summed E-state index contributed by atoms with van der Waals surface area (Å²) in [4.78, 5) is 24.3. The molecule has 170 valence electrons. The molecule has 0 radical (unpaired) electrons. The van der Waals surface area contributed by atoms with Crippen molar-refractivity contribution in [2.75, 3.05) is 16.2 Å². The Morgan fingerprint density at radius 2 is 1.88 bits per heavy atom.